The van der Waals surface area contributed by atoms with Crippen LogP contribution in [0.5, 0.6) is 5.75 Å². The summed E-state index contributed by atoms with van der Waals surface area (Å²) in [6.07, 6.45) is 1.11. The van der Waals surface area contributed by atoms with Gasteiger partial charge in [-0.3, -0.25) is 19.2 Å². The summed E-state index contributed by atoms with van der Waals surface area (Å²) in [6.45, 7) is 3.86. The third kappa shape index (κ3) is 5.44. The standard InChI is InChI=1S/C19H23N3O6S/c1-4-17(19(23)20-16-11-6-7-12-18(16)28-5-2)21(29(3,26)27)14-9-8-10-15(13-14)22(24)25/h6-13,17H,4-5H2,1-3H3,(H,20,23). The number of non-ortho nitro benzene ring substituents is 1. The highest BCUT2D eigenvalue weighted by atomic mass is 32.2. The molecular formula is C19H23N3O6S. The number of sulfonamides is 1. The molecule has 2 aromatic carbocycles. The SMILES string of the molecule is CCOc1ccccc1NC(=O)C(CC)N(c1cccc([N+](=O)[O-])c1)S(C)(=O)=O. The molecule has 1 amide bonds. The quantitative estimate of drug-likeness (QED) is 0.491. The number of carbonyl (C=O) groups excluding carboxylic acids is 1. The number of benzene rings is 2. The lowest BCUT2D eigenvalue weighted by atomic mass is 10.1. The van der Waals surface area contributed by atoms with Crippen molar-refractivity contribution in [1.29, 1.82) is 0 Å². The smallest absolute Gasteiger partial charge is 0.271 e. The minimum absolute atomic E-state index is 0.0433. The molecule has 0 saturated heterocycles. The lowest BCUT2D eigenvalue weighted by Gasteiger charge is -2.30. The topological polar surface area (TPSA) is 119 Å². The highest BCUT2D eigenvalue weighted by Gasteiger charge is 2.32. The van der Waals surface area contributed by atoms with E-state index in [9.17, 15) is 23.3 Å². The molecular weight excluding hydrogens is 398 g/mol. The van der Waals surface area contributed by atoms with Crippen LogP contribution < -0.4 is 14.4 Å². The predicted molar refractivity (Wildman–Crippen MR) is 111 cm³/mol. The number of ether oxygens (including phenoxy) is 1. The second kappa shape index (κ2) is 9.37. The first-order chi connectivity index (χ1) is 13.7. The second-order valence-electron chi connectivity index (χ2n) is 6.18. The molecule has 1 atom stereocenters. The fraction of sp³-hybridized carbons (Fsp3) is 0.316. The second-order valence-corrected chi connectivity index (χ2v) is 8.04. The van der Waals surface area contributed by atoms with Gasteiger partial charge in [-0.1, -0.05) is 25.1 Å². The Morgan fingerprint density at radius 1 is 1.21 bits per heavy atom. The molecule has 156 valence electrons. The van der Waals surface area contributed by atoms with Crippen LogP contribution in [0.15, 0.2) is 48.5 Å². The first kappa shape index (κ1) is 22.2. The van der Waals surface area contributed by atoms with Crippen molar-refractivity contribution in [3.05, 3.63) is 58.6 Å². The Hall–Kier alpha value is -3.14. The first-order valence-electron chi connectivity index (χ1n) is 8.95. The van der Waals surface area contributed by atoms with Crippen LogP contribution >= 0.6 is 0 Å². The summed E-state index contributed by atoms with van der Waals surface area (Å²) in [5.74, 6) is -0.115. The molecule has 0 aliphatic heterocycles. The van der Waals surface area contributed by atoms with Gasteiger partial charge in [-0.2, -0.15) is 0 Å². The van der Waals surface area contributed by atoms with Gasteiger partial charge in [-0.15, -0.1) is 0 Å². The molecule has 10 heteroatoms. The molecule has 0 bridgehead atoms. The van der Waals surface area contributed by atoms with E-state index in [0.29, 0.717) is 18.0 Å². The predicted octanol–water partition coefficient (Wildman–Crippen LogP) is 3.18. The Labute approximate surface area is 169 Å². The summed E-state index contributed by atoms with van der Waals surface area (Å²) in [5.41, 5.74) is 0.181. The number of carbonyl (C=O) groups is 1. The average molecular weight is 421 g/mol. The average Bonchev–Trinajstić information content (AvgIpc) is 2.66. The summed E-state index contributed by atoms with van der Waals surface area (Å²) in [7, 11) is -3.91. The third-order valence-corrected chi connectivity index (χ3v) is 5.25. The van der Waals surface area contributed by atoms with Crippen LogP contribution in [0.3, 0.4) is 0 Å². The number of hydrogen-bond acceptors (Lipinski definition) is 6. The highest BCUT2D eigenvalue weighted by molar-refractivity contribution is 7.92. The number of anilines is 2. The van der Waals surface area contributed by atoms with Crippen LogP contribution in [0.4, 0.5) is 17.1 Å². The van der Waals surface area contributed by atoms with Gasteiger partial charge in [0.2, 0.25) is 15.9 Å². The van der Waals surface area contributed by atoms with Crippen LogP contribution in [0.25, 0.3) is 0 Å². The number of para-hydroxylation sites is 2. The van der Waals surface area contributed by atoms with E-state index in [2.05, 4.69) is 5.32 Å². The zero-order valence-electron chi connectivity index (χ0n) is 16.4. The summed E-state index contributed by atoms with van der Waals surface area (Å²) in [5, 5.41) is 13.8. The Balaban J connectivity index is 2.43. The molecule has 0 fully saturated rings. The number of nitro benzene ring substituents is 1. The van der Waals surface area contributed by atoms with Crippen molar-refractivity contribution < 1.29 is 22.9 Å². The van der Waals surface area contributed by atoms with E-state index in [0.717, 1.165) is 16.6 Å². The van der Waals surface area contributed by atoms with Gasteiger partial charge in [0.05, 0.1) is 29.2 Å². The molecule has 2 rings (SSSR count). The first-order valence-corrected chi connectivity index (χ1v) is 10.8. The van der Waals surface area contributed by atoms with Crippen molar-refractivity contribution in [2.24, 2.45) is 0 Å². The van der Waals surface area contributed by atoms with Gasteiger partial charge in [0.15, 0.2) is 0 Å². The van der Waals surface area contributed by atoms with Crippen molar-refractivity contribution in [2.75, 3.05) is 22.5 Å². The van der Waals surface area contributed by atoms with Gasteiger partial charge < -0.3 is 10.1 Å². The van der Waals surface area contributed by atoms with Crippen LogP contribution in [-0.4, -0.2) is 38.2 Å². The van der Waals surface area contributed by atoms with Crippen molar-refractivity contribution in [3.8, 4) is 5.75 Å². The fourth-order valence-electron chi connectivity index (χ4n) is 2.87. The van der Waals surface area contributed by atoms with E-state index in [1.807, 2.05) is 0 Å². The lowest BCUT2D eigenvalue weighted by Crippen LogP contribution is -2.47. The minimum atomic E-state index is -3.91. The Morgan fingerprint density at radius 3 is 2.48 bits per heavy atom. The number of nitrogens with zero attached hydrogens (tertiary/aromatic N) is 2. The summed E-state index contributed by atoms with van der Waals surface area (Å²) < 4.78 is 31.4. The molecule has 2 aromatic rings. The van der Waals surface area contributed by atoms with Crippen molar-refractivity contribution >= 4 is 33.0 Å². The van der Waals surface area contributed by atoms with E-state index in [4.69, 9.17) is 4.74 Å². The largest absolute Gasteiger partial charge is 0.492 e. The van der Waals surface area contributed by atoms with E-state index < -0.39 is 26.9 Å². The molecule has 0 heterocycles. The third-order valence-electron chi connectivity index (χ3n) is 4.07. The maximum absolute atomic E-state index is 13.0. The zero-order chi connectivity index (χ0) is 21.6. The molecule has 29 heavy (non-hydrogen) atoms. The van der Waals surface area contributed by atoms with Gasteiger partial charge in [-0.05, 0) is 31.5 Å². The lowest BCUT2D eigenvalue weighted by molar-refractivity contribution is -0.384. The molecule has 1 unspecified atom stereocenters. The number of rotatable bonds is 9. The van der Waals surface area contributed by atoms with Gasteiger partial charge in [-0.25, -0.2) is 8.42 Å². The molecule has 1 N–H and O–H groups in total. The van der Waals surface area contributed by atoms with Gasteiger partial charge in [0, 0.05) is 12.1 Å². The maximum Gasteiger partial charge on any atom is 0.271 e. The molecule has 0 aliphatic rings. The normalized spacial score (nSPS) is 12.1. The molecule has 0 aliphatic carbocycles. The minimum Gasteiger partial charge on any atom is -0.492 e. The van der Waals surface area contributed by atoms with E-state index >= 15 is 0 Å². The molecule has 9 nitrogen and oxygen atoms in total. The number of amides is 1. The van der Waals surface area contributed by atoms with Gasteiger partial charge in [0.25, 0.3) is 5.69 Å². The molecule has 0 saturated carbocycles. The zero-order valence-corrected chi connectivity index (χ0v) is 17.2. The Bertz CT molecular complexity index is 993. The number of hydrogen-bond donors (Lipinski definition) is 1. The van der Waals surface area contributed by atoms with Crippen LogP contribution in [0, 0.1) is 10.1 Å². The highest BCUT2D eigenvalue weighted by Crippen LogP contribution is 2.28. The van der Waals surface area contributed by atoms with Crippen molar-refractivity contribution in [1.82, 2.24) is 0 Å². The molecule has 0 radical (unpaired) electrons. The summed E-state index contributed by atoms with van der Waals surface area (Å²) >= 11 is 0. The Morgan fingerprint density at radius 2 is 1.90 bits per heavy atom. The van der Waals surface area contributed by atoms with Gasteiger partial charge in [0.1, 0.15) is 11.8 Å². The van der Waals surface area contributed by atoms with Gasteiger partial charge >= 0.3 is 0 Å². The molecule has 0 aromatic heterocycles. The van der Waals surface area contributed by atoms with Crippen LogP contribution in [-0.2, 0) is 14.8 Å². The van der Waals surface area contributed by atoms with E-state index in [-0.39, 0.29) is 17.8 Å². The fourth-order valence-corrected chi connectivity index (χ4v) is 4.07. The van der Waals surface area contributed by atoms with Crippen LogP contribution in [0.2, 0.25) is 0 Å². The maximum atomic E-state index is 13.0. The van der Waals surface area contributed by atoms with E-state index in [1.165, 1.54) is 18.2 Å². The Kier molecular flexibility index (Phi) is 7.16. The summed E-state index contributed by atoms with van der Waals surface area (Å²) in [6, 6.07) is 10.9. The summed E-state index contributed by atoms with van der Waals surface area (Å²) in [4.78, 5) is 23.4. The molecule has 0 spiro atoms. The van der Waals surface area contributed by atoms with Crippen molar-refractivity contribution in [2.45, 2.75) is 26.3 Å². The monoisotopic (exact) mass is 421 g/mol. The van der Waals surface area contributed by atoms with Crippen LogP contribution in [0.1, 0.15) is 20.3 Å². The number of nitro groups is 1. The number of nitrogens with one attached hydrogen (secondary N) is 1. The van der Waals surface area contributed by atoms with E-state index in [1.54, 1.807) is 38.1 Å². The van der Waals surface area contributed by atoms with Crippen molar-refractivity contribution in [3.63, 3.8) is 0 Å².